The summed E-state index contributed by atoms with van der Waals surface area (Å²) in [5, 5.41) is 16.8. The molecule has 0 aromatic heterocycles. The molecule has 0 fully saturated rings. The third-order valence-corrected chi connectivity index (χ3v) is 9.74. The molecule has 0 aliphatic carbocycles. The van der Waals surface area contributed by atoms with Crippen molar-refractivity contribution < 1.29 is 29.0 Å². The van der Waals surface area contributed by atoms with Crippen LogP contribution < -0.4 is 4.74 Å². The Hall–Kier alpha value is -5.01. The molecule has 1 aliphatic heterocycles. The van der Waals surface area contributed by atoms with Crippen molar-refractivity contribution >= 4 is 60.9 Å². The van der Waals surface area contributed by atoms with Gasteiger partial charge in [-0.3, -0.25) is 19.3 Å². The van der Waals surface area contributed by atoms with Crippen molar-refractivity contribution in [3.05, 3.63) is 96.1 Å². The van der Waals surface area contributed by atoms with E-state index < -0.39 is 0 Å². The lowest BCUT2D eigenvalue weighted by atomic mass is 9.84. The molecule has 7 rings (SSSR count). The summed E-state index contributed by atoms with van der Waals surface area (Å²) in [4.78, 5) is 40.8. The number of imide groups is 1. The minimum absolute atomic E-state index is 0.160. The lowest BCUT2D eigenvalue weighted by Gasteiger charge is -2.28. The summed E-state index contributed by atoms with van der Waals surface area (Å²) >= 11 is 0. The Balaban J connectivity index is 1.03. The van der Waals surface area contributed by atoms with Crippen LogP contribution in [0.1, 0.15) is 84.9 Å². The van der Waals surface area contributed by atoms with Gasteiger partial charge in [-0.1, -0.05) is 80.6 Å². The van der Waals surface area contributed by atoms with Crippen LogP contribution in [-0.4, -0.2) is 47.5 Å². The van der Waals surface area contributed by atoms with Gasteiger partial charge in [-0.05, 0) is 89.0 Å². The molecule has 0 saturated carbocycles. The Morgan fingerprint density at radius 3 is 1.92 bits per heavy atom. The number of para-hydroxylation sites is 1. The molecule has 1 aliphatic rings. The van der Waals surface area contributed by atoms with Crippen molar-refractivity contribution in [1.29, 1.82) is 0 Å². The second-order valence-electron chi connectivity index (χ2n) is 13.0. The van der Waals surface area contributed by atoms with Crippen LogP contribution in [0.2, 0.25) is 0 Å². The number of unbranched alkanes of at least 4 members (excludes halogenated alkanes) is 7. The van der Waals surface area contributed by atoms with E-state index in [9.17, 15) is 14.4 Å². The minimum atomic E-state index is -0.227. The van der Waals surface area contributed by atoms with Crippen molar-refractivity contribution in [2.45, 2.75) is 64.2 Å². The average molecular weight is 656 g/mol. The van der Waals surface area contributed by atoms with Gasteiger partial charge in [-0.15, -0.1) is 0 Å². The molecule has 6 aromatic rings. The van der Waals surface area contributed by atoms with Gasteiger partial charge in [0.2, 0.25) is 0 Å². The maximum atomic E-state index is 13.8. The van der Waals surface area contributed by atoms with Crippen molar-refractivity contribution in [2.75, 3.05) is 19.8 Å². The van der Waals surface area contributed by atoms with Crippen LogP contribution in [0.4, 0.5) is 0 Å². The number of fused-ring (bicyclic) bond motifs is 2. The predicted octanol–water partition coefficient (Wildman–Crippen LogP) is 9.56. The number of carbonyl (C=O) groups excluding carboxylic acids is 3. The number of hydrogen-bond acceptors (Lipinski definition) is 6. The zero-order valence-electron chi connectivity index (χ0n) is 27.7. The van der Waals surface area contributed by atoms with E-state index in [4.69, 9.17) is 14.6 Å². The van der Waals surface area contributed by atoms with Crippen LogP contribution in [0, 0.1) is 0 Å². The first kappa shape index (κ1) is 32.5. The summed E-state index contributed by atoms with van der Waals surface area (Å²) in [6, 6.07) is 27.9. The topological polar surface area (TPSA) is 93.1 Å². The smallest absolute Gasteiger partial charge is 0.305 e. The van der Waals surface area contributed by atoms with Gasteiger partial charge in [0.1, 0.15) is 11.5 Å². The van der Waals surface area contributed by atoms with Gasteiger partial charge in [0.05, 0.1) is 6.61 Å². The van der Waals surface area contributed by atoms with E-state index in [0.29, 0.717) is 30.7 Å². The maximum Gasteiger partial charge on any atom is 0.305 e. The van der Waals surface area contributed by atoms with E-state index >= 15 is 0 Å². The molecule has 0 radical (unpaired) electrons. The van der Waals surface area contributed by atoms with Crippen molar-refractivity contribution in [1.82, 2.24) is 4.90 Å². The molecule has 49 heavy (non-hydrogen) atoms. The molecule has 0 bridgehead atoms. The Morgan fingerprint density at radius 2 is 1.18 bits per heavy atom. The number of aliphatic hydroxyl groups is 1. The van der Waals surface area contributed by atoms with Gasteiger partial charge in [0.15, 0.2) is 0 Å². The lowest BCUT2D eigenvalue weighted by Crippen LogP contribution is -2.40. The third kappa shape index (κ3) is 6.43. The number of benzene rings is 6. The fourth-order valence-electron chi connectivity index (χ4n) is 7.32. The molecule has 2 amide bonds. The number of aliphatic hydroxyl groups excluding tert-OH is 1. The summed E-state index contributed by atoms with van der Waals surface area (Å²) < 4.78 is 11.6. The minimum Gasteiger partial charge on any atom is -0.466 e. The second-order valence-corrected chi connectivity index (χ2v) is 13.0. The summed E-state index contributed by atoms with van der Waals surface area (Å²) in [5.74, 6) is 0.937. The zero-order valence-corrected chi connectivity index (χ0v) is 27.7. The number of nitrogens with zero attached hydrogens (tertiary/aromatic N) is 1. The number of amides is 2. The first-order valence-electron chi connectivity index (χ1n) is 17.6. The molecular weight excluding hydrogens is 614 g/mol. The Labute approximate surface area is 285 Å². The van der Waals surface area contributed by atoms with Gasteiger partial charge in [0, 0.05) is 46.9 Å². The number of esters is 1. The van der Waals surface area contributed by atoms with E-state index in [1.165, 1.54) is 4.90 Å². The molecule has 0 spiro atoms. The highest BCUT2D eigenvalue weighted by molar-refractivity contribution is 6.38. The summed E-state index contributed by atoms with van der Waals surface area (Å²) in [7, 11) is 0. The molecular formula is C42H41NO6. The first-order valence-corrected chi connectivity index (χ1v) is 17.6. The van der Waals surface area contributed by atoms with Gasteiger partial charge in [-0.25, -0.2) is 0 Å². The van der Waals surface area contributed by atoms with E-state index in [-0.39, 0.29) is 24.4 Å². The van der Waals surface area contributed by atoms with Gasteiger partial charge in [0.25, 0.3) is 11.8 Å². The second kappa shape index (κ2) is 14.6. The van der Waals surface area contributed by atoms with E-state index in [2.05, 4.69) is 18.2 Å². The fourth-order valence-corrected chi connectivity index (χ4v) is 7.32. The van der Waals surface area contributed by atoms with Gasteiger partial charge >= 0.3 is 5.97 Å². The molecule has 7 heteroatoms. The van der Waals surface area contributed by atoms with Crippen molar-refractivity contribution in [2.24, 2.45) is 0 Å². The molecule has 0 unspecified atom stereocenters. The highest BCUT2D eigenvalue weighted by atomic mass is 16.5. The number of rotatable bonds is 16. The molecule has 0 atom stereocenters. The van der Waals surface area contributed by atoms with Crippen molar-refractivity contribution in [3.8, 4) is 11.5 Å². The maximum absolute atomic E-state index is 13.8. The van der Waals surface area contributed by atoms with Crippen LogP contribution in [0.3, 0.4) is 0 Å². The van der Waals surface area contributed by atoms with E-state index in [1.54, 1.807) is 0 Å². The number of carbonyl (C=O) groups is 3. The highest BCUT2D eigenvalue weighted by Crippen LogP contribution is 2.46. The molecule has 250 valence electrons. The Morgan fingerprint density at radius 1 is 0.571 bits per heavy atom. The monoisotopic (exact) mass is 655 g/mol. The summed E-state index contributed by atoms with van der Waals surface area (Å²) in [6.07, 6.45) is 8.19. The van der Waals surface area contributed by atoms with E-state index in [1.807, 2.05) is 66.7 Å². The van der Waals surface area contributed by atoms with Crippen LogP contribution in [0.15, 0.2) is 84.9 Å². The number of hydrogen-bond donors (Lipinski definition) is 1. The lowest BCUT2D eigenvalue weighted by molar-refractivity contribution is -0.143. The Bertz CT molecular complexity index is 2070. The largest absolute Gasteiger partial charge is 0.466 e. The van der Waals surface area contributed by atoms with E-state index in [0.717, 1.165) is 112 Å². The van der Waals surface area contributed by atoms with Crippen LogP contribution in [-0.2, 0) is 9.53 Å². The highest BCUT2D eigenvalue weighted by Gasteiger charge is 2.34. The first-order chi connectivity index (χ1) is 24.1. The van der Waals surface area contributed by atoms with Crippen LogP contribution in [0.25, 0.3) is 43.1 Å². The van der Waals surface area contributed by atoms with Crippen molar-refractivity contribution in [3.63, 3.8) is 0 Å². The SMILES string of the molecule is O=C(CCCCCO)OCCCCCCCCN1C(=O)c2ccc3c4cccc5c(Oc6ccccc6)ccc(c6ccc(c2c36)C1=O)c54. The summed E-state index contributed by atoms with van der Waals surface area (Å²) in [6.45, 7) is 0.990. The van der Waals surface area contributed by atoms with Gasteiger partial charge < -0.3 is 14.6 Å². The van der Waals surface area contributed by atoms with Crippen LogP contribution in [0.5, 0.6) is 11.5 Å². The molecule has 0 saturated heterocycles. The quantitative estimate of drug-likeness (QED) is 0.0367. The van der Waals surface area contributed by atoms with Crippen LogP contribution >= 0.6 is 0 Å². The number of ether oxygens (including phenoxy) is 2. The third-order valence-electron chi connectivity index (χ3n) is 9.74. The normalized spacial score (nSPS) is 13.0. The zero-order chi connectivity index (χ0) is 33.7. The average Bonchev–Trinajstić information content (AvgIpc) is 3.13. The molecule has 1 heterocycles. The molecule has 1 N–H and O–H groups in total. The fraction of sp³-hybridized carbons (Fsp3) is 0.310. The standard InChI is InChI=1S/C42H41NO6/c44-26-11-6-9-18-37(45)48-27-12-4-2-1-3-10-25-43-41(46)34-21-19-31-29-16-13-17-33-36(49-28-14-7-5-8-15-28)24-23-30(38(29)33)32-20-22-35(42(43)47)40(34)39(31)32/h5,7-8,13-17,19-24,44H,1-4,6,9-12,18,25-27H2. The predicted molar refractivity (Wildman–Crippen MR) is 194 cm³/mol. The summed E-state index contributed by atoms with van der Waals surface area (Å²) in [5.41, 5.74) is 1.16. The Kier molecular flexibility index (Phi) is 9.71. The molecule has 7 nitrogen and oxygen atoms in total. The van der Waals surface area contributed by atoms with Gasteiger partial charge in [-0.2, -0.15) is 0 Å². The molecule has 6 aromatic carbocycles.